The number of hydrogen-bond donors (Lipinski definition) is 2. The molecule has 20 heavy (non-hydrogen) atoms. The van der Waals surface area contributed by atoms with Crippen molar-refractivity contribution in [3.05, 3.63) is 52.3 Å². The van der Waals surface area contributed by atoms with Crippen LogP contribution in [-0.4, -0.2) is 0 Å². The standard InChI is InChI=1S/C13H9BrF4N2/c14-8-5-10(19)12(6-9(8)15)20-11-4-2-1-3-7(11)13(16,17)18/h1-6,20H,19H2. The summed E-state index contributed by atoms with van der Waals surface area (Å²) in [4.78, 5) is 0. The summed E-state index contributed by atoms with van der Waals surface area (Å²) in [6, 6.07) is 7.24. The summed E-state index contributed by atoms with van der Waals surface area (Å²) in [6.07, 6.45) is -4.51. The van der Waals surface area contributed by atoms with Gasteiger partial charge in [-0.05, 0) is 34.1 Å². The Kier molecular flexibility index (Phi) is 3.89. The average Bonchev–Trinajstić information content (AvgIpc) is 2.35. The molecule has 0 atom stereocenters. The molecule has 0 heterocycles. The lowest BCUT2D eigenvalue weighted by molar-refractivity contribution is -0.136. The maximum absolute atomic E-state index is 13.4. The van der Waals surface area contributed by atoms with Gasteiger partial charge in [0.05, 0.1) is 27.1 Å². The molecule has 0 unspecified atom stereocenters. The van der Waals surface area contributed by atoms with Gasteiger partial charge < -0.3 is 11.1 Å². The van der Waals surface area contributed by atoms with Crippen LogP contribution in [0.3, 0.4) is 0 Å². The molecule has 0 saturated heterocycles. The van der Waals surface area contributed by atoms with E-state index in [0.717, 1.165) is 12.1 Å². The Balaban J connectivity index is 2.43. The van der Waals surface area contributed by atoms with Crippen LogP contribution in [0, 0.1) is 5.82 Å². The van der Waals surface area contributed by atoms with Gasteiger partial charge in [-0.1, -0.05) is 12.1 Å². The van der Waals surface area contributed by atoms with Crippen molar-refractivity contribution in [2.75, 3.05) is 11.1 Å². The largest absolute Gasteiger partial charge is 0.418 e. The third-order valence-corrected chi connectivity index (χ3v) is 3.20. The predicted octanol–water partition coefficient (Wildman–Crippen LogP) is 4.93. The van der Waals surface area contributed by atoms with E-state index in [4.69, 9.17) is 5.73 Å². The molecular weight excluding hydrogens is 340 g/mol. The van der Waals surface area contributed by atoms with Crippen molar-refractivity contribution in [3.63, 3.8) is 0 Å². The van der Waals surface area contributed by atoms with Gasteiger partial charge in [-0.2, -0.15) is 13.2 Å². The zero-order chi connectivity index (χ0) is 14.9. The van der Waals surface area contributed by atoms with Crippen LogP contribution in [0.4, 0.5) is 34.6 Å². The molecule has 0 aliphatic carbocycles. The topological polar surface area (TPSA) is 38.0 Å². The minimum Gasteiger partial charge on any atom is -0.397 e. The molecule has 2 aromatic rings. The minimum absolute atomic E-state index is 0.0717. The Bertz CT molecular complexity index is 641. The van der Waals surface area contributed by atoms with Gasteiger partial charge in [0, 0.05) is 6.07 Å². The number of anilines is 3. The number of halogens is 5. The van der Waals surface area contributed by atoms with E-state index >= 15 is 0 Å². The highest BCUT2D eigenvalue weighted by Crippen LogP contribution is 2.37. The Labute approximate surface area is 120 Å². The van der Waals surface area contributed by atoms with Crippen LogP contribution in [0.25, 0.3) is 0 Å². The number of para-hydroxylation sites is 1. The van der Waals surface area contributed by atoms with Crippen molar-refractivity contribution in [1.29, 1.82) is 0 Å². The van der Waals surface area contributed by atoms with Crippen LogP contribution in [0.5, 0.6) is 0 Å². The number of nitrogens with two attached hydrogens (primary N) is 1. The second-order valence-electron chi connectivity index (χ2n) is 4.02. The third kappa shape index (κ3) is 3.04. The predicted molar refractivity (Wildman–Crippen MR) is 73.2 cm³/mol. The lowest BCUT2D eigenvalue weighted by Gasteiger charge is -2.15. The summed E-state index contributed by atoms with van der Waals surface area (Å²) in [7, 11) is 0. The fourth-order valence-electron chi connectivity index (χ4n) is 1.65. The molecule has 7 heteroatoms. The molecule has 0 amide bonds. The summed E-state index contributed by atoms with van der Waals surface area (Å²) in [5.74, 6) is -0.619. The second kappa shape index (κ2) is 5.32. The molecule has 0 radical (unpaired) electrons. The zero-order valence-corrected chi connectivity index (χ0v) is 11.5. The van der Waals surface area contributed by atoms with Crippen LogP contribution in [-0.2, 0) is 6.18 Å². The van der Waals surface area contributed by atoms with Crippen LogP contribution in [0.2, 0.25) is 0 Å². The van der Waals surface area contributed by atoms with E-state index in [1.165, 1.54) is 24.3 Å². The van der Waals surface area contributed by atoms with Crippen molar-refractivity contribution in [3.8, 4) is 0 Å². The van der Waals surface area contributed by atoms with Gasteiger partial charge in [-0.25, -0.2) is 4.39 Å². The molecule has 0 bridgehead atoms. The molecule has 3 N–H and O–H groups in total. The molecular formula is C13H9BrF4N2. The van der Waals surface area contributed by atoms with E-state index in [0.29, 0.717) is 0 Å². The summed E-state index contributed by atoms with van der Waals surface area (Å²) < 4.78 is 52.1. The monoisotopic (exact) mass is 348 g/mol. The first kappa shape index (κ1) is 14.6. The molecule has 2 aromatic carbocycles. The Morgan fingerprint density at radius 1 is 1.05 bits per heavy atom. The lowest BCUT2D eigenvalue weighted by atomic mass is 10.1. The first-order valence-corrected chi connectivity index (χ1v) is 6.26. The fraction of sp³-hybridized carbons (Fsp3) is 0.0769. The van der Waals surface area contributed by atoms with Crippen LogP contribution in [0.1, 0.15) is 5.56 Å². The Morgan fingerprint density at radius 3 is 2.35 bits per heavy atom. The van der Waals surface area contributed by atoms with Crippen LogP contribution in [0.15, 0.2) is 40.9 Å². The molecule has 0 fully saturated rings. The second-order valence-corrected chi connectivity index (χ2v) is 4.88. The van der Waals surface area contributed by atoms with Crippen molar-refractivity contribution < 1.29 is 17.6 Å². The Hall–Kier alpha value is -1.76. The van der Waals surface area contributed by atoms with Gasteiger partial charge in [0.2, 0.25) is 0 Å². The van der Waals surface area contributed by atoms with Gasteiger partial charge in [0.15, 0.2) is 0 Å². The van der Waals surface area contributed by atoms with E-state index in [-0.39, 0.29) is 21.5 Å². The van der Waals surface area contributed by atoms with E-state index in [1.807, 2.05) is 0 Å². The highest BCUT2D eigenvalue weighted by molar-refractivity contribution is 9.10. The Morgan fingerprint density at radius 2 is 1.70 bits per heavy atom. The summed E-state index contributed by atoms with van der Waals surface area (Å²) in [5, 5.41) is 2.51. The number of hydrogen-bond acceptors (Lipinski definition) is 2. The minimum atomic E-state index is -4.51. The molecule has 0 aliphatic rings. The van der Waals surface area contributed by atoms with E-state index in [1.54, 1.807) is 0 Å². The number of nitrogens with one attached hydrogen (secondary N) is 1. The summed E-state index contributed by atoms with van der Waals surface area (Å²) in [5.41, 5.74) is 4.83. The SMILES string of the molecule is Nc1cc(Br)c(F)cc1Nc1ccccc1C(F)(F)F. The average molecular weight is 349 g/mol. The smallest absolute Gasteiger partial charge is 0.397 e. The van der Waals surface area contributed by atoms with E-state index in [9.17, 15) is 17.6 Å². The van der Waals surface area contributed by atoms with Gasteiger partial charge in [-0.3, -0.25) is 0 Å². The molecule has 0 aliphatic heterocycles. The van der Waals surface area contributed by atoms with Gasteiger partial charge in [0.25, 0.3) is 0 Å². The number of benzene rings is 2. The molecule has 0 spiro atoms. The molecule has 0 aromatic heterocycles. The van der Waals surface area contributed by atoms with Crippen LogP contribution >= 0.6 is 15.9 Å². The number of alkyl halides is 3. The highest BCUT2D eigenvalue weighted by atomic mass is 79.9. The first-order valence-electron chi connectivity index (χ1n) is 5.47. The highest BCUT2D eigenvalue weighted by Gasteiger charge is 2.33. The number of nitrogen functional groups attached to an aromatic ring is 1. The van der Waals surface area contributed by atoms with E-state index in [2.05, 4.69) is 21.2 Å². The molecule has 0 saturated carbocycles. The van der Waals surface area contributed by atoms with Crippen LogP contribution < -0.4 is 11.1 Å². The lowest BCUT2D eigenvalue weighted by Crippen LogP contribution is -2.09. The molecule has 2 rings (SSSR count). The maximum Gasteiger partial charge on any atom is 0.418 e. The fourth-order valence-corrected chi connectivity index (χ4v) is 2.02. The third-order valence-electron chi connectivity index (χ3n) is 2.59. The normalized spacial score (nSPS) is 11.4. The molecule has 106 valence electrons. The first-order chi connectivity index (χ1) is 9.29. The summed E-state index contributed by atoms with van der Waals surface area (Å²) in [6.45, 7) is 0. The summed E-state index contributed by atoms with van der Waals surface area (Å²) >= 11 is 2.95. The van der Waals surface area contributed by atoms with Crippen molar-refractivity contribution >= 4 is 33.0 Å². The maximum atomic E-state index is 13.4. The van der Waals surface area contributed by atoms with Gasteiger partial charge in [-0.15, -0.1) is 0 Å². The van der Waals surface area contributed by atoms with Gasteiger partial charge >= 0.3 is 6.18 Å². The van der Waals surface area contributed by atoms with E-state index < -0.39 is 17.6 Å². The quantitative estimate of drug-likeness (QED) is 0.596. The van der Waals surface area contributed by atoms with Crippen molar-refractivity contribution in [2.24, 2.45) is 0 Å². The molecule has 2 nitrogen and oxygen atoms in total. The number of rotatable bonds is 2. The van der Waals surface area contributed by atoms with Gasteiger partial charge in [0.1, 0.15) is 5.82 Å². The van der Waals surface area contributed by atoms with Crippen molar-refractivity contribution in [2.45, 2.75) is 6.18 Å². The zero-order valence-electron chi connectivity index (χ0n) is 9.93. The van der Waals surface area contributed by atoms with Crippen molar-refractivity contribution in [1.82, 2.24) is 0 Å².